The first-order valence-corrected chi connectivity index (χ1v) is 10.6. The van der Waals surface area contributed by atoms with Crippen molar-refractivity contribution in [2.75, 3.05) is 39.4 Å². The Bertz CT molecular complexity index is 857. The molecule has 0 bridgehead atoms. The van der Waals surface area contributed by atoms with E-state index >= 15 is 0 Å². The van der Waals surface area contributed by atoms with Gasteiger partial charge in [-0.05, 0) is 36.6 Å². The highest BCUT2D eigenvalue weighted by molar-refractivity contribution is 5.94. The van der Waals surface area contributed by atoms with E-state index in [1.165, 1.54) is 0 Å². The average Bonchev–Trinajstić information content (AvgIpc) is 2.83. The molecule has 0 atom stereocenters. The van der Waals surface area contributed by atoms with Crippen molar-refractivity contribution in [3.63, 3.8) is 0 Å². The monoisotopic (exact) mass is 408 g/mol. The summed E-state index contributed by atoms with van der Waals surface area (Å²) in [6.45, 7) is 4.26. The third-order valence-electron chi connectivity index (χ3n) is 5.78. The van der Waals surface area contributed by atoms with E-state index in [4.69, 9.17) is 9.47 Å². The number of ether oxygens (including phenoxy) is 2. The smallest absolute Gasteiger partial charge is 0.253 e. The third-order valence-corrected chi connectivity index (χ3v) is 5.78. The van der Waals surface area contributed by atoms with Gasteiger partial charge in [-0.25, -0.2) is 0 Å². The molecule has 158 valence electrons. The maximum atomic E-state index is 13.0. The van der Waals surface area contributed by atoms with Crippen molar-refractivity contribution >= 4 is 11.8 Å². The van der Waals surface area contributed by atoms with E-state index in [-0.39, 0.29) is 17.7 Å². The lowest BCUT2D eigenvalue weighted by molar-refractivity contribution is -0.141. The lowest BCUT2D eigenvalue weighted by atomic mass is 9.94. The third kappa shape index (κ3) is 5.00. The molecule has 0 saturated carbocycles. The van der Waals surface area contributed by atoms with Crippen molar-refractivity contribution in [2.45, 2.75) is 19.4 Å². The lowest BCUT2D eigenvalue weighted by Crippen LogP contribution is -2.47. The largest absolute Gasteiger partial charge is 0.489 e. The summed E-state index contributed by atoms with van der Waals surface area (Å²) < 4.78 is 11.2. The summed E-state index contributed by atoms with van der Waals surface area (Å²) in [6.07, 6.45) is 1.43. The van der Waals surface area contributed by atoms with Crippen LogP contribution in [-0.2, 0) is 16.1 Å². The maximum Gasteiger partial charge on any atom is 0.253 e. The molecule has 2 saturated heterocycles. The van der Waals surface area contributed by atoms with Gasteiger partial charge in [-0.1, -0.05) is 36.4 Å². The molecule has 2 aliphatic rings. The van der Waals surface area contributed by atoms with Crippen LogP contribution in [0.25, 0.3) is 0 Å². The van der Waals surface area contributed by atoms with Crippen LogP contribution in [0, 0.1) is 5.92 Å². The highest BCUT2D eigenvalue weighted by Crippen LogP contribution is 2.23. The van der Waals surface area contributed by atoms with Crippen LogP contribution in [0.1, 0.15) is 28.8 Å². The summed E-state index contributed by atoms with van der Waals surface area (Å²) in [5, 5.41) is 0. The SMILES string of the molecule is O=C(c1cccc(OCc2ccccc2)c1)N1CCC(C(=O)N2CCOCC2)CC1. The molecule has 0 spiro atoms. The summed E-state index contributed by atoms with van der Waals surface area (Å²) in [5.41, 5.74) is 1.71. The van der Waals surface area contributed by atoms with Crippen molar-refractivity contribution in [1.82, 2.24) is 9.80 Å². The van der Waals surface area contributed by atoms with Crippen LogP contribution in [0.5, 0.6) is 5.75 Å². The second kappa shape index (κ2) is 9.76. The summed E-state index contributed by atoms with van der Waals surface area (Å²) in [4.78, 5) is 29.4. The number of hydrogen-bond donors (Lipinski definition) is 0. The zero-order valence-corrected chi connectivity index (χ0v) is 17.2. The topological polar surface area (TPSA) is 59.1 Å². The van der Waals surface area contributed by atoms with Gasteiger partial charge in [-0.2, -0.15) is 0 Å². The minimum absolute atomic E-state index is 0.00238. The van der Waals surface area contributed by atoms with Crippen LogP contribution < -0.4 is 4.74 Å². The van der Waals surface area contributed by atoms with Gasteiger partial charge in [0.1, 0.15) is 12.4 Å². The van der Waals surface area contributed by atoms with Crippen LogP contribution in [0.2, 0.25) is 0 Å². The predicted octanol–water partition coefficient (Wildman–Crippen LogP) is 2.98. The fourth-order valence-electron chi connectivity index (χ4n) is 4.01. The molecule has 2 fully saturated rings. The second-order valence-electron chi connectivity index (χ2n) is 7.81. The van der Waals surface area contributed by atoms with Crippen LogP contribution in [0.4, 0.5) is 0 Å². The Labute approximate surface area is 177 Å². The quantitative estimate of drug-likeness (QED) is 0.763. The Hall–Kier alpha value is -2.86. The molecule has 2 aliphatic heterocycles. The zero-order chi connectivity index (χ0) is 20.8. The fourth-order valence-corrected chi connectivity index (χ4v) is 4.01. The first-order valence-electron chi connectivity index (χ1n) is 10.6. The van der Waals surface area contributed by atoms with Crippen LogP contribution in [0.15, 0.2) is 54.6 Å². The predicted molar refractivity (Wildman–Crippen MR) is 113 cm³/mol. The molecule has 30 heavy (non-hydrogen) atoms. The number of benzene rings is 2. The molecule has 6 heteroatoms. The fraction of sp³-hybridized carbons (Fsp3) is 0.417. The molecule has 0 aliphatic carbocycles. The van der Waals surface area contributed by atoms with Gasteiger partial charge in [0, 0.05) is 37.7 Å². The standard InChI is InChI=1S/C24H28N2O4/c27-23(26-13-15-29-16-14-26)20-9-11-25(12-10-20)24(28)21-7-4-8-22(17-21)30-18-19-5-2-1-3-6-19/h1-8,17,20H,9-16,18H2. The molecule has 0 N–H and O–H groups in total. The van der Waals surface area contributed by atoms with Gasteiger partial charge in [-0.3, -0.25) is 9.59 Å². The van der Waals surface area contributed by atoms with Crippen LogP contribution in [-0.4, -0.2) is 61.0 Å². The van der Waals surface area contributed by atoms with Crippen molar-refractivity contribution in [3.05, 3.63) is 65.7 Å². The molecule has 2 aromatic rings. The molecule has 2 aromatic carbocycles. The maximum absolute atomic E-state index is 13.0. The van der Waals surface area contributed by atoms with Crippen molar-refractivity contribution in [2.24, 2.45) is 5.92 Å². The van der Waals surface area contributed by atoms with E-state index in [0.717, 1.165) is 5.56 Å². The number of rotatable bonds is 5. The normalized spacial score (nSPS) is 17.6. The molecule has 4 rings (SSSR count). The zero-order valence-electron chi connectivity index (χ0n) is 17.2. The Morgan fingerprint density at radius 1 is 0.900 bits per heavy atom. The molecule has 0 radical (unpaired) electrons. The highest BCUT2D eigenvalue weighted by atomic mass is 16.5. The average molecular weight is 408 g/mol. The van der Waals surface area contributed by atoms with Gasteiger partial charge in [0.25, 0.3) is 5.91 Å². The van der Waals surface area contributed by atoms with Gasteiger partial charge in [-0.15, -0.1) is 0 Å². The number of carbonyl (C=O) groups excluding carboxylic acids is 2. The molecule has 2 heterocycles. The first kappa shape index (κ1) is 20.4. The molecular formula is C24H28N2O4. The van der Waals surface area contributed by atoms with E-state index in [9.17, 15) is 9.59 Å². The van der Waals surface area contributed by atoms with Crippen LogP contribution >= 0.6 is 0 Å². The van der Waals surface area contributed by atoms with E-state index in [2.05, 4.69) is 0 Å². The number of likely N-dealkylation sites (tertiary alicyclic amines) is 1. The summed E-state index contributed by atoms with van der Waals surface area (Å²) in [6, 6.07) is 17.3. The first-order chi connectivity index (χ1) is 14.7. The minimum atomic E-state index is -0.00238. The van der Waals surface area contributed by atoms with E-state index in [1.807, 2.05) is 58.3 Å². The molecule has 6 nitrogen and oxygen atoms in total. The van der Waals surface area contributed by atoms with Gasteiger partial charge >= 0.3 is 0 Å². The molecule has 2 amide bonds. The summed E-state index contributed by atoms with van der Waals surface area (Å²) in [7, 11) is 0. The highest BCUT2D eigenvalue weighted by Gasteiger charge is 2.31. The number of carbonyl (C=O) groups is 2. The number of nitrogens with zero attached hydrogens (tertiary/aromatic N) is 2. The van der Waals surface area contributed by atoms with Gasteiger partial charge in [0.15, 0.2) is 0 Å². The Morgan fingerprint density at radius 3 is 2.37 bits per heavy atom. The van der Waals surface area contributed by atoms with E-state index in [0.29, 0.717) is 70.2 Å². The van der Waals surface area contributed by atoms with Crippen molar-refractivity contribution in [1.29, 1.82) is 0 Å². The van der Waals surface area contributed by atoms with E-state index in [1.54, 1.807) is 6.07 Å². The summed E-state index contributed by atoms with van der Waals surface area (Å²) >= 11 is 0. The number of hydrogen-bond acceptors (Lipinski definition) is 4. The van der Waals surface area contributed by atoms with E-state index < -0.39 is 0 Å². The van der Waals surface area contributed by atoms with Gasteiger partial charge in [0.05, 0.1) is 13.2 Å². The van der Waals surface area contributed by atoms with Crippen LogP contribution in [0.3, 0.4) is 0 Å². The Morgan fingerprint density at radius 2 is 1.63 bits per heavy atom. The Kier molecular flexibility index (Phi) is 6.64. The Balaban J connectivity index is 1.31. The van der Waals surface area contributed by atoms with Crippen molar-refractivity contribution in [3.8, 4) is 5.75 Å². The molecule has 0 unspecified atom stereocenters. The minimum Gasteiger partial charge on any atom is -0.489 e. The lowest BCUT2D eigenvalue weighted by Gasteiger charge is -2.35. The van der Waals surface area contributed by atoms with Gasteiger partial charge in [0.2, 0.25) is 5.91 Å². The van der Waals surface area contributed by atoms with Gasteiger partial charge < -0.3 is 19.3 Å². The second-order valence-corrected chi connectivity index (χ2v) is 7.81. The summed E-state index contributed by atoms with van der Waals surface area (Å²) in [5.74, 6) is 0.897. The number of piperidine rings is 1. The number of amides is 2. The number of morpholine rings is 1. The molecular weight excluding hydrogens is 380 g/mol. The van der Waals surface area contributed by atoms with Crippen molar-refractivity contribution < 1.29 is 19.1 Å². The molecule has 0 aromatic heterocycles.